The molecule has 4 rings (SSSR count). The molecule has 0 radical (unpaired) electrons. The summed E-state index contributed by atoms with van der Waals surface area (Å²) in [6.07, 6.45) is 7.66. The number of nitrogens with zero attached hydrogens (tertiary/aromatic N) is 4. The summed E-state index contributed by atoms with van der Waals surface area (Å²) in [6, 6.07) is 5.55. The highest BCUT2D eigenvalue weighted by Crippen LogP contribution is 2.34. The van der Waals surface area contributed by atoms with E-state index in [0.29, 0.717) is 44.6 Å². The Kier molecular flexibility index (Phi) is 7.00. The fraction of sp³-hybridized carbons (Fsp3) is 0.500. The van der Waals surface area contributed by atoms with Gasteiger partial charge in [0.25, 0.3) is 11.5 Å². The van der Waals surface area contributed by atoms with Crippen LogP contribution in [-0.2, 0) is 4.79 Å². The first-order chi connectivity index (χ1) is 15.4. The molecule has 0 bridgehead atoms. The van der Waals surface area contributed by atoms with E-state index in [1.807, 2.05) is 18.2 Å². The van der Waals surface area contributed by atoms with E-state index in [0.717, 1.165) is 38.8 Å². The van der Waals surface area contributed by atoms with Crippen molar-refractivity contribution in [2.24, 2.45) is 11.8 Å². The maximum Gasteiger partial charge on any atom is 0.267 e. The topological polar surface area (TPSA) is 57.9 Å². The fourth-order valence-electron chi connectivity index (χ4n) is 4.64. The summed E-state index contributed by atoms with van der Waals surface area (Å²) >= 11 is 6.76. The molecule has 4 heterocycles. The van der Waals surface area contributed by atoms with E-state index in [1.54, 1.807) is 21.6 Å². The maximum absolute atomic E-state index is 13.5. The number of thioether (sulfide) groups is 1. The molecule has 0 aromatic carbocycles. The SMILES string of the molecule is CCCCCN1C(=O)/C(=C/c2c(N3C[C@H](C)C[C@H](C)C3)nc3ccccn3c2=O)SC1=S. The second-order valence-electron chi connectivity index (χ2n) is 8.97. The number of hydrogen-bond acceptors (Lipinski definition) is 6. The highest BCUT2D eigenvalue weighted by atomic mass is 32.2. The molecule has 8 heteroatoms. The van der Waals surface area contributed by atoms with Gasteiger partial charge in [0.05, 0.1) is 10.5 Å². The number of carbonyl (C=O) groups excluding carboxylic acids is 1. The van der Waals surface area contributed by atoms with Gasteiger partial charge in [-0.2, -0.15) is 0 Å². The Morgan fingerprint density at radius 2 is 1.94 bits per heavy atom. The van der Waals surface area contributed by atoms with Crippen LogP contribution in [-0.4, -0.2) is 44.1 Å². The van der Waals surface area contributed by atoms with E-state index in [4.69, 9.17) is 17.2 Å². The number of carbonyl (C=O) groups is 1. The molecule has 2 saturated heterocycles. The molecule has 0 aliphatic carbocycles. The molecule has 2 aromatic heterocycles. The third-order valence-corrected chi connectivity index (χ3v) is 7.43. The van der Waals surface area contributed by atoms with Crippen molar-refractivity contribution in [3.8, 4) is 0 Å². The predicted molar refractivity (Wildman–Crippen MR) is 136 cm³/mol. The van der Waals surface area contributed by atoms with Gasteiger partial charge in [-0.25, -0.2) is 4.98 Å². The third kappa shape index (κ3) is 4.62. The van der Waals surface area contributed by atoms with Gasteiger partial charge in [0.1, 0.15) is 15.8 Å². The molecule has 0 saturated carbocycles. The minimum atomic E-state index is -0.160. The van der Waals surface area contributed by atoms with Crippen molar-refractivity contribution in [3.63, 3.8) is 0 Å². The van der Waals surface area contributed by atoms with Crippen LogP contribution in [0.1, 0.15) is 52.0 Å². The largest absolute Gasteiger partial charge is 0.355 e. The summed E-state index contributed by atoms with van der Waals surface area (Å²) in [4.78, 5) is 35.8. The number of hydrogen-bond donors (Lipinski definition) is 0. The molecule has 2 aliphatic rings. The zero-order valence-electron chi connectivity index (χ0n) is 18.9. The van der Waals surface area contributed by atoms with E-state index in [-0.39, 0.29) is 11.5 Å². The Hall–Kier alpha value is -2.19. The minimum absolute atomic E-state index is 0.111. The number of pyridine rings is 1. The molecule has 32 heavy (non-hydrogen) atoms. The molecule has 6 nitrogen and oxygen atoms in total. The number of amides is 1. The standard InChI is InChI=1S/C24H30N4O2S2/c1-4-5-7-11-28-23(30)19(32-24(28)31)13-18-21(26-14-16(2)12-17(3)15-26)25-20-9-6-8-10-27(20)22(18)29/h6,8-10,13,16-17H,4-5,7,11-12,14-15H2,1-3H3/b19-13-/t16-,17+. The number of thiocarbonyl (C=S) groups is 1. The Labute approximate surface area is 198 Å². The lowest BCUT2D eigenvalue weighted by Crippen LogP contribution is -2.40. The van der Waals surface area contributed by atoms with Crippen LogP contribution >= 0.6 is 24.0 Å². The average Bonchev–Trinajstić information content (AvgIpc) is 3.02. The number of piperidine rings is 1. The number of anilines is 1. The van der Waals surface area contributed by atoms with Crippen LogP contribution in [0.15, 0.2) is 34.1 Å². The van der Waals surface area contributed by atoms with Gasteiger partial charge in [-0.1, -0.05) is 63.7 Å². The number of aromatic nitrogens is 2. The Balaban J connectivity index is 1.77. The second-order valence-corrected chi connectivity index (χ2v) is 10.7. The zero-order chi connectivity index (χ0) is 22.8. The second kappa shape index (κ2) is 9.75. The smallest absolute Gasteiger partial charge is 0.267 e. The van der Waals surface area contributed by atoms with Crippen LogP contribution in [0.2, 0.25) is 0 Å². The minimum Gasteiger partial charge on any atom is -0.355 e. The third-order valence-electron chi connectivity index (χ3n) is 6.05. The first kappa shape index (κ1) is 23.0. The van der Waals surface area contributed by atoms with Gasteiger partial charge in [-0.15, -0.1) is 0 Å². The molecule has 2 aliphatic heterocycles. The summed E-state index contributed by atoms with van der Waals surface area (Å²) in [5.41, 5.74) is 0.916. The summed E-state index contributed by atoms with van der Waals surface area (Å²) in [7, 11) is 0. The van der Waals surface area contributed by atoms with Gasteiger partial charge in [-0.05, 0) is 42.9 Å². The molecular weight excluding hydrogens is 440 g/mol. The summed E-state index contributed by atoms with van der Waals surface area (Å²) < 4.78 is 2.11. The highest BCUT2D eigenvalue weighted by Gasteiger charge is 2.33. The van der Waals surface area contributed by atoms with Crippen LogP contribution in [0.4, 0.5) is 5.82 Å². The van der Waals surface area contributed by atoms with Gasteiger partial charge in [-0.3, -0.25) is 18.9 Å². The highest BCUT2D eigenvalue weighted by molar-refractivity contribution is 8.26. The summed E-state index contributed by atoms with van der Waals surface area (Å²) in [5.74, 6) is 1.58. The molecule has 2 aromatic rings. The van der Waals surface area contributed by atoms with Crippen LogP contribution in [0, 0.1) is 11.8 Å². The van der Waals surface area contributed by atoms with Crippen LogP contribution in [0.5, 0.6) is 0 Å². The van der Waals surface area contributed by atoms with E-state index >= 15 is 0 Å². The van der Waals surface area contributed by atoms with Crippen molar-refractivity contribution in [1.82, 2.24) is 14.3 Å². The van der Waals surface area contributed by atoms with Gasteiger partial charge >= 0.3 is 0 Å². The van der Waals surface area contributed by atoms with E-state index < -0.39 is 0 Å². The lowest BCUT2D eigenvalue weighted by molar-refractivity contribution is -0.122. The van der Waals surface area contributed by atoms with Crippen molar-refractivity contribution in [3.05, 3.63) is 45.2 Å². The first-order valence-corrected chi connectivity index (χ1v) is 12.6. The van der Waals surface area contributed by atoms with Crippen LogP contribution in [0.3, 0.4) is 0 Å². The Morgan fingerprint density at radius 3 is 2.66 bits per heavy atom. The van der Waals surface area contributed by atoms with Crippen LogP contribution < -0.4 is 10.5 Å². The summed E-state index contributed by atoms with van der Waals surface area (Å²) in [5, 5.41) is 0. The normalized spacial score (nSPS) is 23.0. The lowest BCUT2D eigenvalue weighted by Gasteiger charge is -2.36. The van der Waals surface area contributed by atoms with Crippen molar-refractivity contribution in [1.29, 1.82) is 0 Å². The number of fused-ring (bicyclic) bond motifs is 1. The fourth-order valence-corrected chi connectivity index (χ4v) is 5.93. The number of rotatable bonds is 6. The quantitative estimate of drug-likeness (QED) is 0.350. The Bertz CT molecular complexity index is 1120. The molecule has 170 valence electrons. The van der Waals surface area contributed by atoms with Gasteiger partial charge in [0.15, 0.2) is 0 Å². The van der Waals surface area contributed by atoms with Crippen molar-refractivity contribution < 1.29 is 4.79 Å². The van der Waals surface area contributed by atoms with E-state index in [1.165, 1.54) is 11.8 Å². The average molecular weight is 471 g/mol. The van der Waals surface area contributed by atoms with Crippen molar-refractivity contribution in [2.45, 2.75) is 46.5 Å². The maximum atomic E-state index is 13.5. The zero-order valence-corrected chi connectivity index (χ0v) is 20.5. The molecule has 0 spiro atoms. The molecular formula is C24H30N4O2S2. The lowest BCUT2D eigenvalue weighted by atomic mass is 9.91. The molecule has 2 atom stereocenters. The van der Waals surface area contributed by atoms with E-state index in [9.17, 15) is 9.59 Å². The first-order valence-electron chi connectivity index (χ1n) is 11.4. The van der Waals surface area contributed by atoms with E-state index in [2.05, 4.69) is 25.7 Å². The molecule has 0 N–H and O–H groups in total. The monoisotopic (exact) mass is 470 g/mol. The van der Waals surface area contributed by atoms with Gasteiger partial charge < -0.3 is 4.90 Å². The predicted octanol–water partition coefficient (Wildman–Crippen LogP) is 4.57. The van der Waals surface area contributed by atoms with Crippen molar-refractivity contribution in [2.75, 3.05) is 24.5 Å². The van der Waals surface area contributed by atoms with Crippen molar-refractivity contribution >= 4 is 51.7 Å². The summed E-state index contributed by atoms with van der Waals surface area (Å²) in [6.45, 7) is 8.92. The molecule has 2 fully saturated rings. The number of unbranched alkanes of at least 4 members (excludes halogenated alkanes) is 2. The Morgan fingerprint density at radius 1 is 1.19 bits per heavy atom. The van der Waals surface area contributed by atoms with Gasteiger partial charge in [0.2, 0.25) is 0 Å². The molecule has 1 amide bonds. The van der Waals surface area contributed by atoms with Gasteiger partial charge in [0, 0.05) is 25.8 Å². The molecule has 0 unspecified atom stereocenters. The van der Waals surface area contributed by atoms with Crippen LogP contribution in [0.25, 0.3) is 11.7 Å².